The molecule has 0 atom stereocenters. The molecule has 5 heteroatoms. The molecule has 0 N–H and O–H groups in total. The van der Waals surface area contributed by atoms with Crippen molar-refractivity contribution in [3.05, 3.63) is 188 Å². The molecule has 3 aromatic heterocycles. The van der Waals surface area contributed by atoms with Gasteiger partial charge in [0.2, 0.25) is 0 Å². The highest BCUT2D eigenvalue weighted by molar-refractivity contribution is 7.26. The van der Waals surface area contributed by atoms with Gasteiger partial charge in [-0.2, -0.15) is 0 Å². The normalized spacial score (nSPS) is 11.8. The Morgan fingerprint density at radius 2 is 1.19 bits per heavy atom. The number of para-hydroxylation sites is 3. The van der Waals surface area contributed by atoms with Crippen LogP contribution < -0.4 is 4.74 Å². The maximum atomic E-state index is 6.89. The van der Waals surface area contributed by atoms with Crippen LogP contribution in [0.2, 0.25) is 0 Å². The molecule has 0 saturated heterocycles. The van der Waals surface area contributed by atoms with Crippen LogP contribution in [0.5, 0.6) is 11.5 Å². The van der Waals surface area contributed by atoms with Gasteiger partial charge in [-0.15, -0.1) is 11.3 Å². The lowest BCUT2D eigenvalue weighted by atomic mass is 9.87. The van der Waals surface area contributed by atoms with Crippen LogP contribution in [0.4, 0.5) is 0 Å². The molecule has 10 aromatic rings. The number of pyridine rings is 1. The van der Waals surface area contributed by atoms with E-state index in [-0.39, 0.29) is 5.41 Å². The van der Waals surface area contributed by atoms with Gasteiger partial charge in [0.15, 0.2) is 0 Å². The van der Waals surface area contributed by atoms with Crippen molar-refractivity contribution in [1.29, 1.82) is 0 Å². The highest BCUT2D eigenvalue weighted by atomic mass is 32.1. The van der Waals surface area contributed by atoms with Gasteiger partial charge in [-0.3, -0.25) is 9.55 Å². The number of ether oxygens (including phenoxy) is 1. The zero-order valence-electron chi connectivity index (χ0n) is 32.0. The number of benzene rings is 7. The summed E-state index contributed by atoms with van der Waals surface area (Å²) in [4.78, 5) is 10.2. The SMILES string of the molecule is CC(C)(C)c1ccnc(-c2cc(Oc3cccc(-c4nc5ccccc5n4-c4ccccc4-c4ccccc4)c3)cc3c2sc2c(-c4ccccc4)cccc23)c1. The Labute approximate surface area is 336 Å². The first-order valence-corrected chi connectivity index (χ1v) is 20.1. The van der Waals surface area contributed by atoms with Crippen LogP contribution in [0.25, 0.3) is 81.8 Å². The fourth-order valence-electron chi connectivity index (χ4n) is 7.84. The Bertz CT molecular complexity index is 3080. The minimum Gasteiger partial charge on any atom is -0.457 e. The maximum Gasteiger partial charge on any atom is 0.145 e. The number of nitrogens with zero attached hydrogens (tertiary/aromatic N) is 3. The van der Waals surface area contributed by atoms with Gasteiger partial charge in [-0.25, -0.2) is 4.98 Å². The van der Waals surface area contributed by atoms with E-state index in [0.717, 1.165) is 67.4 Å². The summed E-state index contributed by atoms with van der Waals surface area (Å²) < 4.78 is 11.6. The van der Waals surface area contributed by atoms with Gasteiger partial charge in [0, 0.05) is 43.1 Å². The molecule has 10 rings (SSSR count). The molecular weight excluding hydrogens is 715 g/mol. The van der Waals surface area contributed by atoms with E-state index in [1.807, 2.05) is 29.7 Å². The molecule has 0 spiro atoms. The molecule has 0 aliphatic carbocycles. The van der Waals surface area contributed by atoms with Crippen molar-refractivity contribution in [2.45, 2.75) is 26.2 Å². The predicted molar refractivity (Wildman–Crippen MR) is 239 cm³/mol. The van der Waals surface area contributed by atoms with Crippen molar-refractivity contribution >= 4 is 42.5 Å². The minimum atomic E-state index is -0.0237. The average Bonchev–Trinajstić information content (AvgIpc) is 3.83. The molecule has 0 bridgehead atoms. The van der Waals surface area contributed by atoms with E-state index in [9.17, 15) is 0 Å². The Balaban J connectivity index is 1.13. The van der Waals surface area contributed by atoms with E-state index >= 15 is 0 Å². The van der Waals surface area contributed by atoms with Crippen LogP contribution in [0.3, 0.4) is 0 Å². The van der Waals surface area contributed by atoms with Gasteiger partial charge in [0.25, 0.3) is 0 Å². The van der Waals surface area contributed by atoms with Crippen LogP contribution in [0.15, 0.2) is 182 Å². The number of rotatable bonds is 7. The molecule has 0 fully saturated rings. The number of imidazole rings is 1. The third-order valence-corrected chi connectivity index (χ3v) is 12.0. The van der Waals surface area contributed by atoms with E-state index in [2.05, 4.69) is 189 Å². The first kappa shape index (κ1) is 34.7. The number of aromatic nitrogens is 3. The van der Waals surface area contributed by atoms with Crippen molar-refractivity contribution in [1.82, 2.24) is 14.5 Å². The van der Waals surface area contributed by atoms with Crippen LogP contribution >= 0.6 is 11.3 Å². The van der Waals surface area contributed by atoms with Crippen molar-refractivity contribution in [3.63, 3.8) is 0 Å². The molecular formula is C52H39N3OS. The largest absolute Gasteiger partial charge is 0.457 e. The molecule has 0 unspecified atom stereocenters. The zero-order valence-corrected chi connectivity index (χ0v) is 32.8. The zero-order chi connectivity index (χ0) is 38.5. The fraction of sp³-hybridized carbons (Fsp3) is 0.0769. The number of fused-ring (bicyclic) bond motifs is 4. The van der Waals surface area contributed by atoms with Gasteiger partial charge in [0.05, 0.1) is 22.4 Å². The summed E-state index contributed by atoms with van der Waals surface area (Å²) in [6.07, 6.45) is 1.93. The van der Waals surface area contributed by atoms with Gasteiger partial charge in [0.1, 0.15) is 17.3 Å². The third kappa shape index (κ3) is 6.36. The molecule has 7 aromatic carbocycles. The van der Waals surface area contributed by atoms with Crippen molar-refractivity contribution < 1.29 is 4.74 Å². The van der Waals surface area contributed by atoms with E-state index < -0.39 is 0 Å². The lowest BCUT2D eigenvalue weighted by Crippen LogP contribution is -2.11. The van der Waals surface area contributed by atoms with Crippen molar-refractivity contribution in [3.8, 4) is 62.1 Å². The van der Waals surface area contributed by atoms with Crippen LogP contribution in [0, 0.1) is 0 Å². The van der Waals surface area contributed by atoms with Gasteiger partial charge >= 0.3 is 0 Å². The number of hydrogen-bond donors (Lipinski definition) is 0. The molecule has 0 saturated carbocycles. The highest BCUT2D eigenvalue weighted by Crippen LogP contribution is 2.46. The molecule has 0 radical (unpaired) electrons. The summed E-state index contributed by atoms with van der Waals surface area (Å²) in [6, 6.07) is 61.7. The number of hydrogen-bond acceptors (Lipinski definition) is 4. The maximum absolute atomic E-state index is 6.89. The fourth-order valence-corrected chi connectivity index (χ4v) is 9.18. The molecule has 274 valence electrons. The molecule has 0 amide bonds. The second-order valence-electron chi connectivity index (χ2n) is 15.5. The molecule has 3 heterocycles. The van der Waals surface area contributed by atoms with Gasteiger partial charge in [-0.05, 0) is 82.3 Å². The first-order chi connectivity index (χ1) is 27.9. The Morgan fingerprint density at radius 1 is 0.526 bits per heavy atom. The van der Waals surface area contributed by atoms with Gasteiger partial charge < -0.3 is 4.74 Å². The average molecular weight is 754 g/mol. The summed E-state index contributed by atoms with van der Waals surface area (Å²) in [7, 11) is 0. The Hall–Kier alpha value is -6.82. The standard InChI is InChI=1S/C52H39N3OS/c1-52(2,3)37-28-29-53-46(31-37)44-33-39(32-43-42-24-15-23-41(49(42)57-50(43)44)35-18-8-5-9-19-35)56-38-21-14-20-36(30-38)51-54-45-25-11-13-27-48(45)55(51)47-26-12-10-22-40(47)34-16-6-4-7-17-34/h4-33H,1-3H3. The lowest BCUT2D eigenvalue weighted by Gasteiger charge is -2.19. The first-order valence-electron chi connectivity index (χ1n) is 19.3. The van der Waals surface area contributed by atoms with Crippen molar-refractivity contribution in [2.24, 2.45) is 0 Å². The summed E-state index contributed by atoms with van der Waals surface area (Å²) >= 11 is 1.83. The highest BCUT2D eigenvalue weighted by Gasteiger charge is 2.21. The monoisotopic (exact) mass is 753 g/mol. The summed E-state index contributed by atoms with van der Waals surface area (Å²) in [5, 5.41) is 2.35. The van der Waals surface area contributed by atoms with Gasteiger partial charge in [-0.1, -0.05) is 142 Å². The van der Waals surface area contributed by atoms with E-state index in [0.29, 0.717) is 0 Å². The Kier molecular flexibility index (Phi) is 8.53. The van der Waals surface area contributed by atoms with E-state index in [4.69, 9.17) is 14.7 Å². The quantitative estimate of drug-likeness (QED) is 0.163. The van der Waals surface area contributed by atoms with Crippen LogP contribution in [-0.2, 0) is 5.41 Å². The predicted octanol–water partition coefficient (Wildman–Crippen LogP) is 14.5. The minimum absolute atomic E-state index is 0.0237. The van der Waals surface area contributed by atoms with E-state index in [1.165, 1.54) is 31.5 Å². The van der Waals surface area contributed by atoms with Crippen molar-refractivity contribution in [2.75, 3.05) is 0 Å². The topological polar surface area (TPSA) is 39.9 Å². The second kappa shape index (κ2) is 14.0. The van der Waals surface area contributed by atoms with Crippen LogP contribution in [0.1, 0.15) is 26.3 Å². The molecule has 57 heavy (non-hydrogen) atoms. The third-order valence-electron chi connectivity index (χ3n) is 10.7. The molecule has 0 aliphatic rings. The molecule has 0 aliphatic heterocycles. The second-order valence-corrected chi connectivity index (χ2v) is 16.5. The van der Waals surface area contributed by atoms with E-state index in [1.54, 1.807) is 0 Å². The molecule has 4 nitrogen and oxygen atoms in total. The summed E-state index contributed by atoms with van der Waals surface area (Å²) in [6.45, 7) is 6.73. The lowest BCUT2D eigenvalue weighted by molar-refractivity contribution is 0.484. The summed E-state index contributed by atoms with van der Waals surface area (Å²) in [5.41, 5.74) is 11.9. The Morgan fingerprint density at radius 3 is 2.00 bits per heavy atom. The smallest absolute Gasteiger partial charge is 0.145 e. The number of thiophene rings is 1. The van der Waals surface area contributed by atoms with Crippen LogP contribution in [-0.4, -0.2) is 14.5 Å². The summed E-state index contributed by atoms with van der Waals surface area (Å²) in [5.74, 6) is 2.33.